The van der Waals surface area contributed by atoms with Gasteiger partial charge in [-0.25, -0.2) is 8.42 Å². The molecule has 1 amide bonds. The van der Waals surface area contributed by atoms with Crippen LogP contribution >= 0.6 is 0 Å². The molecule has 0 fully saturated rings. The van der Waals surface area contributed by atoms with E-state index in [-0.39, 0.29) is 23.3 Å². The van der Waals surface area contributed by atoms with Gasteiger partial charge in [0.25, 0.3) is 5.91 Å². The Kier molecular flexibility index (Phi) is 8.47. The second-order valence-electron chi connectivity index (χ2n) is 7.52. The number of nitrogens with zero attached hydrogens (tertiary/aromatic N) is 1. The molecule has 0 aliphatic heterocycles. The number of hydrogen-bond donors (Lipinski definition) is 1. The van der Waals surface area contributed by atoms with Crippen molar-refractivity contribution < 1.29 is 22.7 Å². The van der Waals surface area contributed by atoms with Gasteiger partial charge in [-0.1, -0.05) is 26.0 Å². The molecule has 0 atom stereocenters. The highest BCUT2D eigenvalue weighted by molar-refractivity contribution is 7.89. The van der Waals surface area contributed by atoms with Gasteiger partial charge in [0.2, 0.25) is 10.0 Å². The molecule has 0 radical (unpaired) electrons. The summed E-state index contributed by atoms with van der Waals surface area (Å²) < 4.78 is 38.6. The van der Waals surface area contributed by atoms with Crippen molar-refractivity contribution in [3.05, 3.63) is 47.5 Å². The van der Waals surface area contributed by atoms with Crippen LogP contribution in [0.4, 0.5) is 5.69 Å². The Morgan fingerprint density at radius 1 is 1.03 bits per heavy atom. The molecule has 0 bridgehead atoms. The van der Waals surface area contributed by atoms with Crippen molar-refractivity contribution >= 4 is 21.6 Å². The topological polar surface area (TPSA) is 84.9 Å². The lowest BCUT2D eigenvalue weighted by molar-refractivity contribution is -0.118. The van der Waals surface area contributed by atoms with Crippen LogP contribution in [-0.2, 0) is 14.8 Å². The van der Waals surface area contributed by atoms with Gasteiger partial charge in [-0.15, -0.1) is 0 Å². The Hall–Kier alpha value is -2.58. The molecule has 31 heavy (non-hydrogen) atoms. The number of rotatable bonds is 10. The van der Waals surface area contributed by atoms with Gasteiger partial charge in [0.15, 0.2) is 6.61 Å². The smallest absolute Gasteiger partial charge is 0.262 e. The summed E-state index contributed by atoms with van der Waals surface area (Å²) in [6, 6.07) is 10.3. The molecule has 0 unspecified atom stereocenters. The van der Waals surface area contributed by atoms with Gasteiger partial charge >= 0.3 is 0 Å². The molecule has 0 aliphatic rings. The third-order valence-corrected chi connectivity index (χ3v) is 6.68. The minimum absolute atomic E-state index is 0.0954. The van der Waals surface area contributed by atoms with E-state index in [1.54, 1.807) is 19.9 Å². The average molecular weight is 449 g/mol. The molecular weight excluding hydrogens is 416 g/mol. The molecule has 0 spiro atoms. The van der Waals surface area contributed by atoms with E-state index in [1.807, 2.05) is 45.9 Å². The van der Waals surface area contributed by atoms with Crippen LogP contribution < -0.4 is 14.8 Å². The minimum atomic E-state index is -3.68. The third kappa shape index (κ3) is 6.45. The van der Waals surface area contributed by atoms with Crippen molar-refractivity contribution in [2.24, 2.45) is 0 Å². The van der Waals surface area contributed by atoms with Gasteiger partial charge in [0.1, 0.15) is 11.5 Å². The fraction of sp³-hybridized carbons (Fsp3) is 0.435. The first-order chi connectivity index (χ1) is 14.6. The molecule has 2 aromatic rings. The standard InChI is InChI=1S/C23H32N2O5S/c1-7-25(8-2)31(27,28)19-11-12-21(30-16(3)4)20(14-19)24-23(26)15-29-22-13-17(5)9-10-18(22)6/h9-14,16H,7-8,15H2,1-6H3,(H,24,26). The van der Waals surface area contributed by atoms with Crippen LogP contribution in [0.15, 0.2) is 41.3 Å². The molecule has 2 aromatic carbocycles. The number of carbonyl (C=O) groups excluding carboxylic acids is 1. The van der Waals surface area contributed by atoms with E-state index >= 15 is 0 Å². The number of aryl methyl sites for hydroxylation is 2. The van der Waals surface area contributed by atoms with Gasteiger partial charge < -0.3 is 14.8 Å². The van der Waals surface area contributed by atoms with Gasteiger partial charge in [0, 0.05) is 13.1 Å². The summed E-state index contributed by atoms with van der Waals surface area (Å²) in [5.74, 6) is 0.618. The normalized spacial score (nSPS) is 11.6. The molecule has 1 N–H and O–H groups in total. The van der Waals surface area contributed by atoms with E-state index in [0.717, 1.165) is 11.1 Å². The highest BCUT2D eigenvalue weighted by Gasteiger charge is 2.23. The monoisotopic (exact) mass is 448 g/mol. The molecule has 0 heterocycles. The zero-order valence-electron chi connectivity index (χ0n) is 19.1. The number of hydrogen-bond acceptors (Lipinski definition) is 5. The van der Waals surface area contributed by atoms with Gasteiger partial charge in [-0.05, 0) is 63.1 Å². The number of ether oxygens (including phenoxy) is 2. The fourth-order valence-electron chi connectivity index (χ4n) is 3.03. The molecule has 2 rings (SSSR count). The van der Waals surface area contributed by atoms with Crippen LogP contribution in [0, 0.1) is 13.8 Å². The summed E-state index contributed by atoms with van der Waals surface area (Å²) in [5.41, 5.74) is 2.24. The molecular formula is C23H32N2O5S. The second kappa shape index (κ2) is 10.6. The Bertz CT molecular complexity index is 1010. The van der Waals surface area contributed by atoms with E-state index in [0.29, 0.717) is 24.6 Å². The molecule has 7 nitrogen and oxygen atoms in total. The quantitative estimate of drug-likeness (QED) is 0.590. The summed E-state index contributed by atoms with van der Waals surface area (Å²) in [7, 11) is -3.68. The maximum absolute atomic E-state index is 12.9. The Labute approximate surface area is 185 Å². The fourth-order valence-corrected chi connectivity index (χ4v) is 4.51. The Morgan fingerprint density at radius 3 is 2.32 bits per heavy atom. The zero-order valence-corrected chi connectivity index (χ0v) is 19.9. The molecule has 0 aromatic heterocycles. The van der Waals surface area contributed by atoms with E-state index in [9.17, 15) is 13.2 Å². The summed E-state index contributed by atoms with van der Waals surface area (Å²) in [5, 5.41) is 2.74. The highest BCUT2D eigenvalue weighted by Crippen LogP contribution is 2.30. The number of anilines is 1. The SMILES string of the molecule is CCN(CC)S(=O)(=O)c1ccc(OC(C)C)c(NC(=O)COc2cc(C)ccc2C)c1. The molecule has 0 aliphatic carbocycles. The van der Waals surface area contributed by atoms with Crippen molar-refractivity contribution in [2.45, 2.75) is 52.5 Å². The molecule has 170 valence electrons. The zero-order chi connectivity index (χ0) is 23.2. The van der Waals surface area contributed by atoms with Crippen LogP contribution in [-0.4, -0.2) is 44.4 Å². The van der Waals surface area contributed by atoms with E-state index < -0.39 is 15.9 Å². The van der Waals surface area contributed by atoms with Crippen molar-refractivity contribution in [2.75, 3.05) is 25.0 Å². The van der Waals surface area contributed by atoms with Crippen molar-refractivity contribution in [1.29, 1.82) is 0 Å². The maximum atomic E-state index is 12.9. The lowest BCUT2D eigenvalue weighted by Crippen LogP contribution is -2.30. The number of nitrogens with one attached hydrogen (secondary N) is 1. The van der Waals surface area contributed by atoms with E-state index in [4.69, 9.17) is 9.47 Å². The molecule has 0 saturated carbocycles. The number of amides is 1. The van der Waals surface area contributed by atoms with Crippen molar-refractivity contribution in [1.82, 2.24) is 4.31 Å². The van der Waals surface area contributed by atoms with Gasteiger partial charge in [0.05, 0.1) is 16.7 Å². The summed E-state index contributed by atoms with van der Waals surface area (Å²) in [4.78, 5) is 12.7. The van der Waals surface area contributed by atoms with E-state index in [1.165, 1.54) is 16.4 Å². The highest BCUT2D eigenvalue weighted by atomic mass is 32.2. The number of sulfonamides is 1. The first kappa shape index (κ1) is 24.7. The first-order valence-corrected chi connectivity index (χ1v) is 11.8. The van der Waals surface area contributed by atoms with Crippen molar-refractivity contribution in [3.8, 4) is 11.5 Å². The van der Waals surface area contributed by atoms with Crippen LogP contribution in [0.3, 0.4) is 0 Å². The average Bonchev–Trinajstić information content (AvgIpc) is 2.70. The summed E-state index contributed by atoms with van der Waals surface area (Å²) >= 11 is 0. The van der Waals surface area contributed by atoms with Crippen LogP contribution in [0.25, 0.3) is 0 Å². The predicted molar refractivity (Wildman–Crippen MR) is 122 cm³/mol. The minimum Gasteiger partial charge on any atom is -0.489 e. The van der Waals surface area contributed by atoms with Gasteiger partial charge in [-0.2, -0.15) is 4.31 Å². The summed E-state index contributed by atoms with van der Waals surface area (Å²) in [6.45, 7) is 11.6. The number of benzene rings is 2. The number of carbonyl (C=O) groups is 1. The Morgan fingerprint density at radius 2 is 1.71 bits per heavy atom. The van der Waals surface area contributed by atoms with E-state index in [2.05, 4.69) is 5.32 Å². The van der Waals surface area contributed by atoms with Crippen LogP contribution in [0.1, 0.15) is 38.8 Å². The predicted octanol–water partition coefficient (Wildman–Crippen LogP) is 4.14. The van der Waals surface area contributed by atoms with Gasteiger partial charge in [-0.3, -0.25) is 4.79 Å². The molecule has 0 saturated heterocycles. The largest absolute Gasteiger partial charge is 0.489 e. The summed E-state index contributed by atoms with van der Waals surface area (Å²) in [6.07, 6.45) is -0.146. The second-order valence-corrected chi connectivity index (χ2v) is 9.46. The first-order valence-electron chi connectivity index (χ1n) is 10.4. The lowest BCUT2D eigenvalue weighted by Gasteiger charge is -2.20. The molecule has 8 heteroatoms. The lowest BCUT2D eigenvalue weighted by atomic mass is 10.1. The maximum Gasteiger partial charge on any atom is 0.262 e. The Balaban J connectivity index is 2.27. The van der Waals surface area contributed by atoms with Crippen molar-refractivity contribution in [3.63, 3.8) is 0 Å². The van der Waals surface area contributed by atoms with Crippen LogP contribution in [0.2, 0.25) is 0 Å². The van der Waals surface area contributed by atoms with Crippen LogP contribution in [0.5, 0.6) is 11.5 Å². The third-order valence-electron chi connectivity index (χ3n) is 4.63.